The Kier molecular flexibility index (Phi) is 2.24. The van der Waals surface area contributed by atoms with Crippen molar-refractivity contribution in [2.24, 2.45) is 0 Å². The van der Waals surface area contributed by atoms with Crippen molar-refractivity contribution in [3.8, 4) is 5.75 Å². The summed E-state index contributed by atoms with van der Waals surface area (Å²) >= 11 is 0. The third-order valence-electron chi connectivity index (χ3n) is 1.93. The van der Waals surface area contributed by atoms with Gasteiger partial charge in [-0.1, -0.05) is 6.07 Å². The second-order valence-corrected chi connectivity index (χ2v) is 2.95. The highest BCUT2D eigenvalue weighted by Crippen LogP contribution is 2.26. The molecule has 1 amide bonds. The molecule has 0 radical (unpaired) electrons. The molecule has 74 valence electrons. The molecule has 0 unspecified atom stereocenters. The summed E-state index contributed by atoms with van der Waals surface area (Å²) in [5.74, 6) is 0.698. The van der Waals surface area contributed by atoms with Gasteiger partial charge in [-0.3, -0.25) is 0 Å². The Morgan fingerprint density at radius 2 is 2.43 bits per heavy atom. The maximum absolute atomic E-state index is 10.2. The van der Waals surface area contributed by atoms with E-state index in [-0.39, 0.29) is 0 Å². The molecule has 1 aliphatic rings. The van der Waals surface area contributed by atoms with Gasteiger partial charge in [-0.2, -0.15) is 4.89 Å². The van der Waals surface area contributed by atoms with Crippen LogP contribution in [0, 0.1) is 0 Å². The summed E-state index contributed by atoms with van der Waals surface area (Å²) in [7, 11) is 0. The summed E-state index contributed by atoms with van der Waals surface area (Å²) in [6.07, 6.45) is -1.03. The zero-order valence-electron chi connectivity index (χ0n) is 7.32. The molecular formula is C9H9NO4. The number of carbonyl (C=O) groups is 1. The van der Waals surface area contributed by atoms with Crippen LogP contribution in [0.25, 0.3) is 0 Å². The summed E-state index contributed by atoms with van der Waals surface area (Å²) in [5, 5.41) is 10.7. The van der Waals surface area contributed by atoms with Crippen molar-refractivity contribution in [1.82, 2.24) is 5.32 Å². The van der Waals surface area contributed by atoms with Gasteiger partial charge in [0.2, 0.25) is 0 Å². The molecule has 2 rings (SSSR count). The standard InChI is InChI=1S/C9H9NO4/c11-9(12)10-4-6-1-2-8-7(3-6)5-13-14-8/h1-3,10H,4-5H2,(H,11,12). The van der Waals surface area contributed by atoms with E-state index < -0.39 is 6.09 Å². The van der Waals surface area contributed by atoms with E-state index in [2.05, 4.69) is 5.32 Å². The SMILES string of the molecule is O=C(O)NCc1ccc2c(c1)COO2. The number of rotatable bonds is 2. The fraction of sp³-hybridized carbons (Fsp3) is 0.222. The Labute approximate surface area is 80.2 Å². The van der Waals surface area contributed by atoms with E-state index in [0.717, 1.165) is 11.1 Å². The fourth-order valence-corrected chi connectivity index (χ4v) is 1.27. The van der Waals surface area contributed by atoms with Crippen molar-refractivity contribution in [2.75, 3.05) is 0 Å². The molecule has 0 aliphatic carbocycles. The summed E-state index contributed by atoms with van der Waals surface area (Å²) in [4.78, 5) is 19.8. The normalized spacial score (nSPS) is 13.1. The Morgan fingerprint density at radius 3 is 3.21 bits per heavy atom. The first-order valence-corrected chi connectivity index (χ1v) is 4.14. The molecule has 0 saturated carbocycles. The molecule has 0 saturated heterocycles. The van der Waals surface area contributed by atoms with E-state index in [4.69, 9.17) is 14.9 Å². The van der Waals surface area contributed by atoms with E-state index in [9.17, 15) is 4.79 Å². The van der Waals surface area contributed by atoms with E-state index in [1.807, 2.05) is 6.07 Å². The predicted octanol–water partition coefficient (Wildman–Crippen LogP) is 1.28. The molecule has 5 nitrogen and oxygen atoms in total. The van der Waals surface area contributed by atoms with Gasteiger partial charge in [-0.15, -0.1) is 0 Å². The van der Waals surface area contributed by atoms with E-state index >= 15 is 0 Å². The van der Waals surface area contributed by atoms with Crippen molar-refractivity contribution in [3.63, 3.8) is 0 Å². The average molecular weight is 195 g/mol. The number of benzene rings is 1. The highest BCUT2D eigenvalue weighted by molar-refractivity contribution is 5.64. The van der Waals surface area contributed by atoms with Crippen LogP contribution in [0.15, 0.2) is 18.2 Å². The molecule has 2 N–H and O–H groups in total. The monoisotopic (exact) mass is 195 g/mol. The van der Waals surface area contributed by atoms with Crippen LogP contribution in [-0.4, -0.2) is 11.2 Å². The zero-order valence-corrected chi connectivity index (χ0v) is 7.32. The van der Waals surface area contributed by atoms with Crippen molar-refractivity contribution in [1.29, 1.82) is 0 Å². The number of hydrogen-bond acceptors (Lipinski definition) is 3. The topological polar surface area (TPSA) is 67.8 Å². The highest BCUT2D eigenvalue weighted by atomic mass is 17.2. The summed E-state index contributed by atoms with van der Waals surface area (Å²) in [5.41, 5.74) is 1.83. The number of fused-ring (bicyclic) bond motifs is 1. The van der Waals surface area contributed by atoms with Gasteiger partial charge in [-0.05, 0) is 17.7 Å². The van der Waals surface area contributed by atoms with Crippen LogP contribution in [-0.2, 0) is 18.0 Å². The maximum atomic E-state index is 10.2. The minimum absolute atomic E-state index is 0.294. The van der Waals surface area contributed by atoms with Crippen LogP contribution in [0.3, 0.4) is 0 Å². The number of carboxylic acid groups (broad SMARTS) is 1. The molecule has 0 aromatic heterocycles. The maximum Gasteiger partial charge on any atom is 0.404 e. The number of hydrogen-bond donors (Lipinski definition) is 2. The predicted molar refractivity (Wildman–Crippen MR) is 46.7 cm³/mol. The third kappa shape index (κ3) is 1.77. The molecule has 1 aromatic carbocycles. The molecule has 1 aromatic rings. The summed E-state index contributed by atoms with van der Waals surface area (Å²) in [6.45, 7) is 0.707. The molecule has 0 bridgehead atoms. The summed E-state index contributed by atoms with van der Waals surface area (Å²) < 4.78 is 0. The lowest BCUT2D eigenvalue weighted by Gasteiger charge is -2.02. The number of amides is 1. The smallest absolute Gasteiger partial charge is 0.404 e. The molecule has 14 heavy (non-hydrogen) atoms. The van der Waals surface area contributed by atoms with Crippen molar-refractivity contribution in [2.45, 2.75) is 13.2 Å². The van der Waals surface area contributed by atoms with Crippen molar-refractivity contribution >= 4 is 6.09 Å². The Hall–Kier alpha value is -1.75. The first-order chi connectivity index (χ1) is 6.75. The fourth-order valence-electron chi connectivity index (χ4n) is 1.27. The summed E-state index contributed by atoms with van der Waals surface area (Å²) in [6, 6.07) is 5.42. The largest absolute Gasteiger partial charge is 0.465 e. The van der Waals surface area contributed by atoms with Gasteiger partial charge in [0.1, 0.15) is 6.61 Å². The molecule has 5 heteroatoms. The van der Waals surface area contributed by atoms with E-state index in [1.165, 1.54) is 0 Å². The van der Waals surface area contributed by atoms with Gasteiger partial charge < -0.3 is 15.3 Å². The van der Waals surface area contributed by atoms with Crippen LogP contribution in [0.1, 0.15) is 11.1 Å². The lowest BCUT2D eigenvalue weighted by atomic mass is 10.1. The van der Waals surface area contributed by atoms with Crippen LogP contribution >= 0.6 is 0 Å². The minimum Gasteiger partial charge on any atom is -0.465 e. The van der Waals surface area contributed by atoms with E-state index in [1.54, 1.807) is 12.1 Å². The lowest BCUT2D eigenvalue weighted by molar-refractivity contribution is -0.194. The van der Waals surface area contributed by atoms with Gasteiger partial charge in [0.25, 0.3) is 0 Å². The van der Waals surface area contributed by atoms with Gasteiger partial charge >= 0.3 is 6.09 Å². The average Bonchev–Trinajstić information content (AvgIpc) is 2.61. The van der Waals surface area contributed by atoms with Gasteiger partial charge in [0.05, 0.1) is 0 Å². The Balaban J connectivity index is 2.09. The second-order valence-electron chi connectivity index (χ2n) is 2.95. The lowest BCUT2D eigenvalue weighted by Crippen LogP contribution is -2.19. The molecular weight excluding hydrogens is 186 g/mol. The van der Waals surface area contributed by atoms with Crippen LogP contribution < -0.4 is 10.2 Å². The second kappa shape index (κ2) is 3.55. The quantitative estimate of drug-likeness (QED) is 0.697. The molecule has 1 aliphatic heterocycles. The molecule has 0 fully saturated rings. The third-order valence-corrected chi connectivity index (χ3v) is 1.93. The number of nitrogens with one attached hydrogen (secondary N) is 1. The zero-order chi connectivity index (χ0) is 9.97. The van der Waals surface area contributed by atoms with Crippen LogP contribution in [0.5, 0.6) is 5.75 Å². The first kappa shape index (κ1) is 8.83. The molecule has 0 spiro atoms. The Bertz CT molecular complexity index is 364. The molecule has 1 heterocycles. The van der Waals surface area contributed by atoms with Crippen LogP contribution in [0.2, 0.25) is 0 Å². The minimum atomic E-state index is -1.03. The van der Waals surface area contributed by atoms with Crippen molar-refractivity contribution < 1.29 is 19.7 Å². The highest BCUT2D eigenvalue weighted by Gasteiger charge is 2.13. The van der Waals surface area contributed by atoms with Gasteiger partial charge in [0.15, 0.2) is 5.75 Å². The Morgan fingerprint density at radius 1 is 1.57 bits per heavy atom. The first-order valence-electron chi connectivity index (χ1n) is 4.14. The van der Waals surface area contributed by atoms with E-state index in [0.29, 0.717) is 18.9 Å². The van der Waals surface area contributed by atoms with Gasteiger partial charge in [0, 0.05) is 12.1 Å². The molecule has 0 atom stereocenters. The van der Waals surface area contributed by atoms with Gasteiger partial charge in [-0.25, -0.2) is 4.79 Å². The van der Waals surface area contributed by atoms with Crippen LogP contribution in [0.4, 0.5) is 4.79 Å². The van der Waals surface area contributed by atoms with Crippen molar-refractivity contribution in [3.05, 3.63) is 29.3 Å².